The Morgan fingerprint density at radius 1 is 1.00 bits per heavy atom. The third-order valence-corrected chi connectivity index (χ3v) is 6.61. The molecule has 8 heteroatoms. The first kappa shape index (κ1) is 22.0. The van der Waals surface area contributed by atoms with Crippen LogP contribution in [0.4, 0.5) is 22.0 Å². The number of hydrogen-bond donors (Lipinski definition) is 1. The van der Waals surface area contributed by atoms with Crippen molar-refractivity contribution in [2.24, 2.45) is 11.3 Å². The molecule has 3 nitrogen and oxygen atoms in total. The number of alkyl halides is 5. The average molecular weight is 420 g/mol. The molecule has 2 aliphatic rings. The largest absolute Gasteiger partial charge is 0.460 e. The summed E-state index contributed by atoms with van der Waals surface area (Å²) in [6.07, 6.45) is -7.16. The molecule has 0 heterocycles. The van der Waals surface area contributed by atoms with E-state index < -0.39 is 60.7 Å². The van der Waals surface area contributed by atoms with Gasteiger partial charge in [-0.3, -0.25) is 4.79 Å². The summed E-state index contributed by atoms with van der Waals surface area (Å²) in [6.45, 7) is -0.0168. The van der Waals surface area contributed by atoms with Crippen molar-refractivity contribution < 1.29 is 36.6 Å². The van der Waals surface area contributed by atoms with Crippen LogP contribution in [0.2, 0.25) is 0 Å². The van der Waals surface area contributed by atoms with Gasteiger partial charge in [-0.2, -0.15) is 13.2 Å². The molecule has 2 fully saturated rings. The zero-order chi connectivity index (χ0) is 21.3. The van der Waals surface area contributed by atoms with E-state index in [9.17, 15) is 31.9 Å². The lowest BCUT2D eigenvalue weighted by Gasteiger charge is -2.47. The number of benzene rings is 1. The molecule has 1 aromatic rings. The minimum atomic E-state index is -4.75. The van der Waals surface area contributed by atoms with Gasteiger partial charge in [-0.1, -0.05) is 30.3 Å². The Morgan fingerprint density at radius 2 is 1.55 bits per heavy atom. The molecule has 29 heavy (non-hydrogen) atoms. The molecule has 0 spiro atoms. The molecule has 0 radical (unpaired) electrons. The summed E-state index contributed by atoms with van der Waals surface area (Å²) in [4.78, 5) is 13.0. The summed E-state index contributed by atoms with van der Waals surface area (Å²) in [6, 6.07) is 8.89. The van der Waals surface area contributed by atoms with E-state index in [1.807, 2.05) is 0 Å². The Morgan fingerprint density at radius 3 is 2.07 bits per heavy atom. The lowest BCUT2D eigenvalue weighted by Crippen LogP contribution is -2.52. The topological polar surface area (TPSA) is 46.5 Å². The van der Waals surface area contributed by atoms with Crippen LogP contribution >= 0.6 is 0 Å². The number of aliphatic hydroxyl groups is 1. The van der Waals surface area contributed by atoms with E-state index in [0.29, 0.717) is 0 Å². The smallest absolute Gasteiger partial charge is 0.417 e. The summed E-state index contributed by atoms with van der Waals surface area (Å²) in [5.41, 5.74) is -3.27. The fraction of sp³-hybridized carbons (Fsp3) is 0.667. The zero-order valence-corrected chi connectivity index (χ0v) is 16.0. The molecule has 2 saturated carbocycles. The molecule has 162 valence electrons. The second-order valence-electron chi connectivity index (χ2n) is 8.38. The van der Waals surface area contributed by atoms with Crippen LogP contribution in [0.1, 0.15) is 56.9 Å². The molecule has 2 aliphatic carbocycles. The molecular formula is C21H25F5O3. The second kappa shape index (κ2) is 7.85. The number of rotatable bonds is 4. The fourth-order valence-electron chi connectivity index (χ4n) is 4.64. The van der Waals surface area contributed by atoms with Crippen molar-refractivity contribution in [1.82, 2.24) is 0 Å². The van der Waals surface area contributed by atoms with Gasteiger partial charge in [0.1, 0.15) is 6.61 Å². The molecule has 0 aliphatic heterocycles. The second-order valence-corrected chi connectivity index (χ2v) is 8.38. The first-order chi connectivity index (χ1) is 13.5. The van der Waals surface area contributed by atoms with Gasteiger partial charge in [0, 0.05) is 12.8 Å². The number of halogens is 5. The van der Waals surface area contributed by atoms with Gasteiger partial charge >= 0.3 is 12.1 Å². The van der Waals surface area contributed by atoms with Crippen molar-refractivity contribution in [3.8, 4) is 0 Å². The number of carbonyl (C=O) groups excluding carboxylic acids is 1. The van der Waals surface area contributed by atoms with E-state index in [2.05, 4.69) is 0 Å². The summed E-state index contributed by atoms with van der Waals surface area (Å²) < 4.78 is 72.3. The highest BCUT2D eigenvalue weighted by Gasteiger charge is 2.59. The monoisotopic (exact) mass is 420 g/mol. The van der Waals surface area contributed by atoms with Crippen LogP contribution in [0.25, 0.3) is 0 Å². The average Bonchev–Trinajstić information content (AvgIpc) is 2.67. The minimum Gasteiger partial charge on any atom is -0.460 e. The summed E-state index contributed by atoms with van der Waals surface area (Å²) in [5, 5.41) is 9.92. The fourth-order valence-corrected chi connectivity index (χ4v) is 4.64. The molecule has 0 unspecified atom stereocenters. The maximum Gasteiger partial charge on any atom is 0.417 e. The Hall–Kier alpha value is -1.70. The minimum absolute atomic E-state index is 0.0168. The molecule has 0 bridgehead atoms. The highest BCUT2D eigenvalue weighted by molar-refractivity contribution is 5.77. The van der Waals surface area contributed by atoms with E-state index in [-0.39, 0.29) is 32.3 Å². The highest BCUT2D eigenvalue weighted by Crippen LogP contribution is 2.55. The number of carbonyl (C=O) groups is 1. The van der Waals surface area contributed by atoms with E-state index in [1.165, 1.54) is 0 Å². The number of esters is 1. The van der Waals surface area contributed by atoms with Crippen LogP contribution in [0.5, 0.6) is 0 Å². The van der Waals surface area contributed by atoms with Gasteiger partial charge in [-0.15, -0.1) is 0 Å². The Bertz CT molecular complexity index is 699. The van der Waals surface area contributed by atoms with Crippen LogP contribution in [-0.2, 0) is 16.1 Å². The van der Waals surface area contributed by atoms with Crippen molar-refractivity contribution in [2.75, 3.05) is 0 Å². The van der Waals surface area contributed by atoms with Crippen LogP contribution < -0.4 is 0 Å². The molecule has 0 saturated heterocycles. The summed E-state index contributed by atoms with van der Waals surface area (Å²) in [7, 11) is 0. The predicted octanol–water partition coefficient (Wildman–Crippen LogP) is 5.41. The third-order valence-electron chi connectivity index (χ3n) is 6.61. The molecule has 0 amide bonds. The lowest BCUT2D eigenvalue weighted by molar-refractivity contribution is -0.274. The van der Waals surface area contributed by atoms with Crippen molar-refractivity contribution in [1.29, 1.82) is 0 Å². The predicted molar refractivity (Wildman–Crippen MR) is 95.0 cm³/mol. The van der Waals surface area contributed by atoms with Gasteiger partial charge in [-0.05, 0) is 50.0 Å². The van der Waals surface area contributed by atoms with Crippen LogP contribution in [0, 0.1) is 11.3 Å². The first-order valence-electron chi connectivity index (χ1n) is 9.86. The van der Waals surface area contributed by atoms with E-state index >= 15 is 0 Å². The molecule has 0 aromatic heterocycles. The van der Waals surface area contributed by atoms with Crippen molar-refractivity contribution in [3.05, 3.63) is 35.9 Å². The van der Waals surface area contributed by atoms with Crippen molar-refractivity contribution in [3.63, 3.8) is 0 Å². The van der Waals surface area contributed by atoms with Gasteiger partial charge in [0.2, 0.25) is 5.92 Å². The molecule has 3 rings (SSSR count). The number of ether oxygens (including phenoxy) is 1. The van der Waals surface area contributed by atoms with Gasteiger partial charge in [0.25, 0.3) is 0 Å². The Balaban J connectivity index is 1.75. The van der Waals surface area contributed by atoms with Crippen molar-refractivity contribution >= 4 is 5.97 Å². The van der Waals surface area contributed by atoms with E-state index in [4.69, 9.17) is 4.74 Å². The first-order valence-corrected chi connectivity index (χ1v) is 9.86. The molecular weight excluding hydrogens is 395 g/mol. The van der Waals surface area contributed by atoms with Crippen molar-refractivity contribution in [2.45, 2.75) is 75.7 Å². The van der Waals surface area contributed by atoms with Gasteiger partial charge in [0.05, 0.1) is 5.41 Å². The van der Waals surface area contributed by atoms with Gasteiger partial charge in [-0.25, -0.2) is 8.78 Å². The Labute approximate surface area is 166 Å². The van der Waals surface area contributed by atoms with Crippen LogP contribution in [0.15, 0.2) is 30.3 Å². The summed E-state index contributed by atoms with van der Waals surface area (Å²) in [5.74, 6) is -4.03. The molecule has 0 atom stereocenters. The van der Waals surface area contributed by atoms with Gasteiger partial charge < -0.3 is 9.84 Å². The highest BCUT2D eigenvalue weighted by atomic mass is 19.4. The molecule has 1 aromatic carbocycles. The maximum absolute atomic E-state index is 13.8. The molecule has 1 N–H and O–H groups in total. The van der Waals surface area contributed by atoms with E-state index in [1.54, 1.807) is 30.3 Å². The quantitative estimate of drug-likeness (QED) is 0.523. The normalized spacial score (nSPS) is 29.2. The van der Waals surface area contributed by atoms with Crippen LogP contribution in [-0.4, -0.2) is 28.8 Å². The zero-order valence-electron chi connectivity index (χ0n) is 16.0. The summed E-state index contributed by atoms with van der Waals surface area (Å²) >= 11 is 0. The SMILES string of the molecule is O=C(OCc1ccccc1)C1(C2CCC(O)(C(F)(F)F)CC2)CCC(F)(F)CC1. The standard InChI is InChI=1S/C21H25F5O3/c22-20(23)12-10-18(11-13-20,17(27)29-14-15-4-2-1-3-5-15)16-6-8-19(28,9-7-16)21(24,25)26/h1-5,16,28H,6-14H2. The van der Waals surface area contributed by atoms with E-state index in [0.717, 1.165) is 5.56 Å². The Kier molecular flexibility index (Phi) is 5.96. The number of hydrogen-bond acceptors (Lipinski definition) is 3. The lowest BCUT2D eigenvalue weighted by atomic mass is 9.59. The van der Waals surface area contributed by atoms with Gasteiger partial charge in [0.15, 0.2) is 5.60 Å². The maximum atomic E-state index is 13.8. The third kappa shape index (κ3) is 4.57. The van der Waals surface area contributed by atoms with Crippen LogP contribution in [0.3, 0.4) is 0 Å².